The number of anilines is 2. The molecule has 5 rings (SSSR count). The van der Waals surface area contributed by atoms with Crippen LogP contribution in [0.3, 0.4) is 0 Å². The van der Waals surface area contributed by atoms with E-state index < -0.39 is 42.9 Å². The molecule has 10 nitrogen and oxygen atoms in total. The van der Waals surface area contributed by atoms with E-state index in [0.29, 0.717) is 22.2 Å². The SMILES string of the molecule is Cc1ccc2c(NC[C@H](O)C(F)(F)F)c(F)ccc2c1Oc1ncccc1-c1ccnc(N[C@@H]2C[C@@H](F)CN(C(=O)O)C2)n1. The Morgan fingerprint density at radius 3 is 2.64 bits per heavy atom. The molecule has 232 valence electrons. The van der Waals surface area contributed by atoms with Gasteiger partial charge < -0.3 is 30.5 Å². The molecule has 4 N–H and O–H groups in total. The van der Waals surface area contributed by atoms with Crippen LogP contribution in [0.15, 0.2) is 54.9 Å². The van der Waals surface area contributed by atoms with Crippen molar-refractivity contribution in [2.45, 2.75) is 37.8 Å². The second-order valence-electron chi connectivity index (χ2n) is 10.3. The average molecular weight is 619 g/mol. The third-order valence-electron chi connectivity index (χ3n) is 7.05. The molecular formula is C29H27F5N6O4. The van der Waals surface area contributed by atoms with Crippen LogP contribution < -0.4 is 15.4 Å². The zero-order valence-corrected chi connectivity index (χ0v) is 23.1. The third-order valence-corrected chi connectivity index (χ3v) is 7.05. The van der Waals surface area contributed by atoms with E-state index in [1.165, 1.54) is 24.5 Å². The molecule has 1 amide bonds. The topological polar surface area (TPSA) is 133 Å². The molecule has 0 unspecified atom stereocenters. The molecule has 3 heterocycles. The van der Waals surface area contributed by atoms with Crippen LogP contribution in [0.5, 0.6) is 11.6 Å². The summed E-state index contributed by atoms with van der Waals surface area (Å²) in [6.45, 7) is 0.617. The first-order chi connectivity index (χ1) is 20.9. The van der Waals surface area contributed by atoms with Crippen LogP contribution in [0.4, 0.5) is 38.4 Å². The Hall–Kier alpha value is -4.79. The van der Waals surface area contributed by atoms with E-state index in [0.717, 1.165) is 11.0 Å². The number of hydrogen-bond donors (Lipinski definition) is 4. The number of pyridine rings is 1. The zero-order chi connectivity index (χ0) is 31.6. The van der Waals surface area contributed by atoms with Gasteiger partial charge in [0.1, 0.15) is 17.7 Å². The number of aliphatic hydroxyl groups excluding tert-OH is 1. The number of benzene rings is 2. The lowest BCUT2D eigenvalue weighted by molar-refractivity contribution is -0.198. The van der Waals surface area contributed by atoms with E-state index in [1.807, 2.05) is 0 Å². The molecule has 2 aromatic heterocycles. The smallest absolute Gasteiger partial charge is 0.416 e. The number of nitrogens with zero attached hydrogens (tertiary/aromatic N) is 4. The summed E-state index contributed by atoms with van der Waals surface area (Å²) in [6.07, 6.45) is -7.13. The summed E-state index contributed by atoms with van der Waals surface area (Å²) in [4.78, 5) is 25.4. The molecule has 0 saturated carbocycles. The first kappa shape index (κ1) is 30.7. The molecule has 44 heavy (non-hydrogen) atoms. The van der Waals surface area contributed by atoms with Crippen molar-refractivity contribution in [1.29, 1.82) is 0 Å². The number of aliphatic hydroxyl groups is 1. The minimum absolute atomic E-state index is 0.0531. The summed E-state index contributed by atoms with van der Waals surface area (Å²) in [5.41, 5.74) is 1.19. The lowest BCUT2D eigenvalue weighted by atomic mass is 10.0. The number of carboxylic acid groups (broad SMARTS) is 1. The number of halogens is 5. The maximum absolute atomic E-state index is 14.7. The number of alkyl halides is 4. The first-order valence-electron chi connectivity index (χ1n) is 13.5. The van der Waals surface area contributed by atoms with Crippen LogP contribution in [0.25, 0.3) is 22.0 Å². The average Bonchev–Trinajstić information content (AvgIpc) is 2.97. The van der Waals surface area contributed by atoms with Crippen molar-refractivity contribution in [1.82, 2.24) is 19.9 Å². The van der Waals surface area contributed by atoms with E-state index in [1.54, 1.807) is 31.2 Å². The Bertz CT molecular complexity index is 1670. The highest BCUT2D eigenvalue weighted by Gasteiger charge is 2.38. The highest BCUT2D eigenvalue weighted by molar-refractivity contribution is 5.99. The van der Waals surface area contributed by atoms with Crippen molar-refractivity contribution in [3.63, 3.8) is 0 Å². The highest BCUT2D eigenvalue weighted by Crippen LogP contribution is 2.39. The lowest BCUT2D eigenvalue weighted by Crippen LogP contribution is -2.49. The summed E-state index contributed by atoms with van der Waals surface area (Å²) in [5, 5.41) is 24.6. The van der Waals surface area contributed by atoms with Crippen LogP contribution in [0.1, 0.15) is 12.0 Å². The normalized spacial score (nSPS) is 17.8. The van der Waals surface area contributed by atoms with Crippen LogP contribution >= 0.6 is 0 Å². The van der Waals surface area contributed by atoms with Crippen molar-refractivity contribution in [3.8, 4) is 22.9 Å². The number of carbonyl (C=O) groups is 1. The Kier molecular flexibility index (Phi) is 8.67. The Labute approximate surface area is 247 Å². The number of piperidine rings is 1. The van der Waals surface area contributed by atoms with Crippen molar-refractivity contribution in [3.05, 3.63) is 66.2 Å². The fourth-order valence-corrected chi connectivity index (χ4v) is 4.91. The molecule has 15 heteroatoms. The molecule has 0 radical (unpaired) electrons. The van der Waals surface area contributed by atoms with Gasteiger partial charge in [-0.25, -0.2) is 28.5 Å². The van der Waals surface area contributed by atoms with Crippen LogP contribution in [-0.4, -0.2) is 80.3 Å². The molecule has 1 saturated heterocycles. The molecule has 0 spiro atoms. The van der Waals surface area contributed by atoms with Crippen molar-refractivity contribution < 1.29 is 41.7 Å². The number of aryl methyl sites for hydroxylation is 1. The van der Waals surface area contributed by atoms with Gasteiger partial charge in [0.25, 0.3) is 0 Å². The monoisotopic (exact) mass is 618 g/mol. The summed E-state index contributed by atoms with van der Waals surface area (Å²) in [7, 11) is 0. The molecule has 0 aliphatic carbocycles. The van der Waals surface area contributed by atoms with Gasteiger partial charge in [0, 0.05) is 48.7 Å². The van der Waals surface area contributed by atoms with E-state index in [9.17, 15) is 37.0 Å². The summed E-state index contributed by atoms with van der Waals surface area (Å²) >= 11 is 0. The van der Waals surface area contributed by atoms with E-state index in [2.05, 4.69) is 25.6 Å². The number of fused-ring (bicyclic) bond motifs is 1. The number of nitrogens with one attached hydrogen (secondary N) is 2. The van der Waals surface area contributed by atoms with Gasteiger partial charge in [0.05, 0.1) is 23.5 Å². The maximum Gasteiger partial charge on any atom is 0.416 e. The molecule has 1 fully saturated rings. The molecule has 4 aromatic rings. The largest absolute Gasteiger partial charge is 0.465 e. The molecule has 1 aliphatic heterocycles. The Balaban J connectivity index is 1.44. The van der Waals surface area contributed by atoms with Crippen LogP contribution in [-0.2, 0) is 0 Å². The van der Waals surface area contributed by atoms with Gasteiger partial charge >= 0.3 is 12.3 Å². The second kappa shape index (κ2) is 12.4. The van der Waals surface area contributed by atoms with Gasteiger partial charge in [-0.1, -0.05) is 12.1 Å². The van der Waals surface area contributed by atoms with Crippen LogP contribution in [0.2, 0.25) is 0 Å². The standard InChI is InChI=1S/C29H27F5N6O4/c1-15-4-5-18-19(6-7-21(31)24(18)37-12-23(41)29(32,33)34)25(15)44-26-20(3-2-9-35-26)22-8-10-36-27(39-22)38-17-11-16(30)13-40(14-17)28(42)43/h2-10,16-17,23,37,41H,11-14H2,1H3,(H,42,43)(H,36,38,39)/t16-,17-,23+/m1/s1. The van der Waals surface area contributed by atoms with E-state index in [-0.39, 0.29) is 48.2 Å². The number of amides is 1. The summed E-state index contributed by atoms with van der Waals surface area (Å²) in [6, 6.07) is 10.0. The molecular weight excluding hydrogens is 591 g/mol. The lowest BCUT2D eigenvalue weighted by Gasteiger charge is -2.33. The summed E-state index contributed by atoms with van der Waals surface area (Å²) in [5.74, 6) is -0.308. The van der Waals surface area contributed by atoms with Gasteiger partial charge in [0.2, 0.25) is 11.8 Å². The number of aromatic nitrogens is 3. The molecule has 0 bridgehead atoms. The van der Waals surface area contributed by atoms with Crippen molar-refractivity contribution in [2.75, 3.05) is 30.3 Å². The zero-order valence-electron chi connectivity index (χ0n) is 23.1. The van der Waals surface area contributed by atoms with Crippen molar-refractivity contribution in [2.24, 2.45) is 0 Å². The Morgan fingerprint density at radius 1 is 1.11 bits per heavy atom. The second-order valence-corrected chi connectivity index (χ2v) is 10.3. The molecule has 3 atom stereocenters. The van der Waals surface area contributed by atoms with Crippen molar-refractivity contribution >= 4 is 28.5 Å². The van der Waals surface area contributed by atoms with E-state index in [4.69, 9.17) is 4.74 Å². The van der Waals surface area contributed by atoms with Gasteiger partial charge in [-0.05, 0) is 42.8 Å². The fraction of sp³-hybridized carbons (Fsp3) is 0.310. The molecule has 1 aliphatic rings. The predicted octanol–water partition coefficient (Wildman–Crippen LogP) is 5.77. The minimum atomic E-state index is -4.88. The fourth-order valence-electron chi connectivity index (χ4n) is 4.91. The van der Waals surface area contributed by atoms with E-state index >= 15 is 0 Å². The molecule has 2 aromatic carbocycles. The quantitative estimate of drug-likeness (QED) is 0.182. The predicted molar refractivity (Wildman–Crippen MR) is 151 cm³/mol. The van der Waals surface area contributed by atoms with Gasteiger partial charge in [-0.2, -0.15) is 13.2 Å². The van der Waals surface area contributed by atoms with Gasteiger partial charge in [-0.3, -0.25) is 0 Å². The Morgan fingerprint density at radius 2 is 1.89 bits per heavy atom. The number of likely N-dealkylation sites (tertiary alicyclic amines) is 1. The maximum atomic E-state index is 14.7. The number of hydrogen-bond acceptors (Lipinski definition) is 8. The minimum Gasteiger partial charge on any atom is -0.465 e. The highest BCUT2D eigenvalue weighted by atomic mass is 19.4. The first-order valence-corrected chi connectivity index (χ1v) is 13.5. The third kappa shape index (κ3) is 6.72. The number of rotatable bonds is 8. The summed E-state index contributed by atoms with van der Waals surface area (Å²) < 4.78 is 73.7. The van der Waals surface area contributed by atoms with Gasteiger partial charge in [0.15, 0.2) is 6.10 Å². The van der Waals surface area contributed by atoms with Crippen LogP contribution in [0, 0.1) is 12.7 Å². The number of ether oxygens (including phenoxy) is 1. The van der Waals surface area contributed by atoms with Gasteiger partial charge in [-0.15, -0.1) is 0 Å².